The number of nitrogens with zero attached hydrogens (tertiary/aromatic N) is 1. The normalized spacial score (nSPS) is 14.0. The van der Waals surface area contributed by atoms with Crippen molar-refractivity contribution in [2.24, 2.45) is 5.92 Å². The molecule has 0 atom stereocenters. The molecular weight excluding hydrogens is 369 g/mol. The number of amides is 2. The summed E-state index contributed by atoms with van der Waals surface area (Å²) in [5.41, 5.74) is 0.965. The summed E-state index contributed by atoms with van der Waals surface area (Å²) in [5, 5.41) is 2.55. The van der Waals surface area contributed by atoms with E-state index in [0.29, 0.717) is 25.2 Å². The fourth-order valence-corrected chi connectivity index (χ4v) is 3.31. The number of nitrogens with one attached hydrogen (secondary N) is 1. The number of halogens is 3. The third kappa shape index (κ3) is 4.18. The van der Waals surface area contributed by atoms with E-state index < -0.39 is 23.2 Å². The highest BCUT2D eigenvalue weighted by Crippen LogP contribution is 2.32. The molecule has 28 heavy (non-hydrogen) atoms. The Balaban J connectivity index is 1.81. The number of carbonyl (C=O) groups excluding carboxylic acids is 2. The van der Waals surface area contributed by atoms with E-state index in [9.17, 15) is 22.8 Å². The highest BCUT2D eigenvalue weighted by atomic mass is 19.4. The Morgan fingerprint density at radius 3 is 2.46 bits per heavy atom. The molecule has 1 N–H and O–H groups in total. The van der Waals surface area contributed by atoms with Crippen LogP contribution in [0.5, 0.6) is 0 Å². The monoisotopic (exact) mass is 390 g/mol. The van der Waals surface area contributed by atoms with E-state index in [0.717, 1.165) is 23.3 Å². The molecule has 148 valence electrons. The first-order valence-corrected chi connectivity index (χ1v) is 9.05. The minimum Gasteiger partial charge on any atom is -0.338 e. The number of carbonyl (C=O) groups is 2. The Kier molecular flexibility index (Phi) is 5.45. The third-order valence-electron chi connectivity index (χ3n) is 4.76. The predicted octanol–water partition coefficient (Wildman–Crippen LogP) is 4.50. The molecule has 0 saturated heterocycles. The van der Waals surface area contributed by atoms with Gasteiger partial charge in [0.05, 0.1) is 11.1 Å². The number of anilines is 1. The maximum absolute atomic E-state index is 13.1. The average Bonchev–Trinajstić information content (AvgIpc) is 2.66. The van der Waals surface area contributed by atoms with Crippen LogP contribution in [-0.4, -0.2) is 23.3 Å². The van der Waals surface area contributed by atoms with Gasteiger partial charge in [-0.15, -0.1) is 0 Å². The number of fused-ring (bicyclic) bond motifs is 1. The van der Waals surface area contributed by atoms with Gasteiger partial charge in [0.15, 0.2) is 0 Å². The molecule has 2 aromatic rings. The van der Waals surface area contributed by atoms with E-state index in [4.69, 9.17) is 0 Å². The molecule has 0 aliphatic carbocycles. The Labute approximate surface area is 161 Å². The van der Waals surface area contributed by atoms with Crippen LogP contribution in [0.2, 0.25) is 0 Å². The summed E-state index contributed by atoms with van der Waals surface area (Å²) in [6, 6.07) is 9.93. The summed E-state index contributed by atoms with van der Waals surface area (Å²) >= 11 is 0. The Morgan fingerprint density at radius 1 is 1.07 bits per heavy atom. The van der Waals surface area contributed by atoms with Crippen LogP contribution in [0.25, 0.3) is 0 Å². The molecule has 2 aromatic carbocycles. The SMILES string of the molecule is CC(C)C(=O)N1CCc2ccc(NC(=O)c3ccccc3C(F)(F)F)cc2C1. The van der Waals surface area contributed by atoms with Crippen molar-refractivity contribution >= 4 is 17.5 Å². The molecule has 1 aliphatic heterocycles. The Bertz CT molecular complexity index is 907. The van der Waals surface area contributed by atoms with Gasteiger partial charge in [-0.25, -0.2) is 0 Å². The molecule has 3 rings (SSSR count). The van der Waals surface area contributed by atoms with E-state index >= 15 is 0 Å². The van der Waals surface area contributed by atoms with Gasteiger partial charge < -0.3 is 10.2 Å². The molecule has 4 nitrogen and oxygen atoms in total. The van der Waals surface area contributed by atoms with Crippen molar-refractivity contribution in [3.63, 3.8) is 0 Å². The lowest BCUT2D eigenvalue weighted by Crippen LogP contribution is -2.38. The van der Waals surface area contributed by atoms with E-state index in [1.54, 1.807) is 17.0 Å². The van der Waals surface area contributed by atoms with Crippen LogP contribution in [0, 0.1) is 5.92 Å². The molecule has 1 aliphatic rings. The van der Waals surface area contributed by atoms with E-state index in [1.165, 1.54) is 12.1 Å². The Hall–Kier alpha value is -2.83. The second-order valence-electron chi connectivity index (χ2n) is 7.15. The summed E-state index contributed by atoms with van der Waals surface area (Å²) in [5.74, 6) is -0.874. The zero-order chi connectivity index (χ0) is 20.5. The summed E-state index contributed by atoms with van der Waals surface area (Å²) in [4.78, 5) is 26.4. The van der Waals surface area contributed by atoms with Crippen LogP contribution in [0.15, 0.2) is 42.5 Å². The van der Waals surface area contributed by atoms with Gasteiger partial charge in [0.2, 0.25) is 5.91 Å². The number of hydrogen-bond donors (Lipinski definition) is 1. The fourth-order valence-electron chi connectivity index (χ4n) is 3.31. The minimum absolute atomic E-state index is 0.0548. The maximum atomic E-state index is 13.1. The van der Waals surface area contributed by atoms with Crippen LogP contribution in [0.4, 0.5) is 18.9 Å². The van der Waals surface area contributed by atoms with Gasteiger partial charge in [-0.05, 0) is 41.8 Å². The molecule has 0 saturated carbocycles. The van der Waals surface area contributed by atoms with Crippen LogP contribution < -0.4 is 5.32 Å². The molecule has 1 heterocycles. The predicted molar refractivity (Wildman–Crippen MR) is 99.8 cm³/mol. The van der Waals surface area contributed by atoms with Crippen LogP contribution in [0.1, 0.15) is 40.9 Å². The third-order valence-corrected chi connectivity index (χ3v) is 4.76. The fraction of sp³-hybridized carbons (Fsp3) is 0.333. The van der Waals surface area contributed by atoms with Gasteiger partial charge in [-0.2, -0.15) is 13.2 Å². The van der Waals surface area contributed by atoms with Crippen molar-refractivity contribution in [1.82, 2.24) is 4.90 Å². The summed E-state index contributed by atoms with van der Waals surface area (Å²) in [6.07, 6.45) is -3.90. The second kappa shape index (κ2) is 7.66. The average molecular weight is 390 g/mol. The first kappa shape index (κ1) is 19.9. The topological polar surface area (TPSA) is 49.4 Å². The molecule has 2 amide bonds. The molecule has 0 fully saturated rings. The highest BCUT2D eigenvalue weighted by Gasteiger charge is 2.34. The number of alkyl halides is 3. The van der Waals surface area contributed by atoms with E-state index in [2.05, 4.69) is 5.32 Å². The summed E-state index contributed by atoms with van der Waals surface area (Å²) in [7, 11) is 0. The smallest absolute Gasteiger partial charge is 0.338 e. The highest BCUT2D eigenvalue weighted by molar-refractivity contribution is 6.05. The van der Waals surface area contributed by atoms with E-state index in [-0.39, 0.29) is 11.8 Å². The molecular formula is C21H21F3N2O2. The Morgan fingerprint density at radius 2 is 1.79 bits per heavy atom. The zero-order valence-electron chi connectivity index (χ0n) is 15.6. The maximum Gasteiger partial charge on any atom is 0.417 e. The number of benzene rings is 2. The molecule has 7 heteroatoms. The standard InChI is InChI=1S/C21H21F3N2O2/c1-13(2)20(28)26-10-9-14-7-8-16(11-15(14)12-26)25-19(27)17-5-3-4-6-18(17)21(22,23)24/h3-8,11,13H,9-10,12H2,1-2H3,(H,25,27). The van der Waals surface area contributed by atoms with Crippen LogP contribution in [-0.2, 0) is 23.9 Å². The molecule has 0 unspecified atom stereocenters. The summed E-state index contributed by atoms with van der Waals surface area (Å²) in [6.45, 7) is 4.74. The second-order valence-corrected chi connectivity index (χ2v) is 7.15. The van der Waals surface area contributed by atoms with Crippen molar-refractivity contribution in [1.29, 1.82) is 0 Å². The molecule has 0 aromatic heterocycles. The van der Waals surface area contributed by atoms with Gasteiger partial charge in [0, 0.05) is 24.7 Å². The molecule has 0 bridgehead atoms. The lowest BCUT2D eigenvalue weighted by molar-refractivity contribution is -0.138. The van der Waals surface area contributed by atoms with Crippen molar-refractivity contribution in [3.8, 4) is 0 Å². The number of rotatable bonds is 3. The van der Waals surface area contributed by atoms with E-state index in [1.807, 2.05) is 19.9 Å². The van der Waals surface area contributed by atoms with Crippen LogP contribution >= 0.6 is 0 Å². The molecule has 0 radical (unpaired) electrons. The van der Waals surface area contributed by atoms with Gasteiger partial charge in [-0.3, -0.25) is 9.59 Å². The van der Waals surface area contributed by atoms with Crippen molar-refractivity contribution in [2.45, 2.75) is 33.0 Å². The van der Waals surface area contributed by atoms with Crippen molar-refractivity contribution in [3.05, 3.63) is 64.7 Å². The zero-order valence-corrected chi connectivity index (χ0v) is 15.6. The lowest BCUT2D eigenvalue weighted by atomic mass is 9.98. The first-order valence-electron chi connectivity index (χ1n) is 9.05. The lowest BCUT2D eigenvalue weighted by Gasteiger charge is -2.30. The first-order chi connectivity index (χ1) is 13.2. The minimum atomic E-state index is -4.61. The molecule has 0 spiro atoms. The largest absolute Gasteiger partial charge is 0.417 e. The quantitative estimate of drug-likeness (QED) is 0.839. The van der Waals surface area contributed by atoms with Crippen LogP contribution in [0.3, 0.4) is 0 Å². The van der Waals surface area contributed by atoms with Gasteiger partial charge in [-0.1, -0.05) is 32.0 Å². The summed E-state index contributed by atoms with van der Waals surface area (Å²) < 4.78 is 39.4. The number of hydrogen-bond acceptors (Lipinski definition) is 2. The van der Waals surface area contributed by atoms with Gasteiger partial charge >= 0.3 is 6.18 Å². The van der Waals surface area contributed by atoms with Gasteiger partial charge in [0.25, 0.3) is 5.91 Å². The van der Waals surface area contributed by atoms with Crippen molar-refractivity contribution in [2.75, 3.05) is 11.9 Å². The van der Waals surface area contributed by atoms with Gasteiger partial charge in [0.1, 0.15) is 0 Å². The van der Waals surface area contributed by atoms with Crippen molar-refractivity contribution < 1.29 is 22.8 Å².